The zero-order valence-electron chi connectivity index (χ0n) is 23.3. The van der Waals surface area contributed by atoms with Crippen LogP contribution in [-0.4, -0.2) is 12.1 Å². The van der Waals surface area contributed by atoms with Crippen LogP contribution in [0.2, 0.25) is 0 Å². The van der Waals surface area contributed by atoms with E-state index in [9.17, 15) is 0 Å². The van der Waals surface area contributed by atoms with Gasteiger partial charge < -0.3 is 11.1 Å². The number of benzene rings is 5. The highest BCUT2D eigenvalue weighted by Crippen LogP contribution is 2.57. The van der Waals surface area contributed by atoms with Crippen LogP contribution in [0.15, 0.2) is 151 Å². The van der Waals surface area contributed by atoms with Crippen LogP contribution in [0.1, 0.15) is 35.6 Å². The first kappa shape index (κ1) is 25.3. The molecule has 0 amide bonds. The predicted molar refractivity (Wildman–Crippen MR) is 172 cm³/mol. The van der Waals surface area contributed by atoms with Crippen molar-refractivity contribution < 1.29 is 0 Å². The minimum Gasteiger partial charge on any atom is -0.376 e. The Kier molecular flexibility index (Phi) is 6.22. The van der Waals surface area contributed by atoms with Gasteiger partial charge in [0.15, 0.2) is 0 Å². The Morgan fingerprint density at radius 1 is 0.659 bits per heavy atom. The second-order valence-electron chi connectivity index (χ2n) is 11.4. The van der Waals surface area contributed by atoms with Crippen LogP contribution in [-0.2, 0) is 5.41 Å². The lowest BCUT2D eigenvalue weighted by Gasteiger charge is -2.35. The van der Waals surface area contributed by atoms with Gasteiger partial charge in [0.2, 0.25) is 0 Å². The highest BCUT2D eigenvalue weighted by atomic mass is 15.0. The number of hydrogen-bond acceptors (Lipinski definition) is 2. The Hall–Kier alpha value is -4.66. The molecule has 1 unspecified atom stereocenters. The smallest absolute Gasteiger partial charge is 0.0713 e. The zero-order valence-corrected chi connectivity index (χ0v) is 23.3. The van der Waals surface area contributed by atoms with E-state index >= 15 is 0 Å². The average molecular weight is 531 g/mol. The van der Waals surface area contributed by atoms with E-state index in [2.05, 4.69) is 158 Å². The Labute approximate surface area is 242 Å². The molecule has 0 radical (unpaired) electrons. The first-order valence-corrected chi connectivity index (χ1v) is 14.4. The average Bonchev–Trinajstić information content (AvgIpc) is 3.32. The van der Waals surface area contributed by atoms with E-state index in [0.29, 0.717) is 6.54 Å². The normalized spacial score (nSPS) is 18.3. The van der Waals surface area contributed by atoms with E-state index in [4.69, 9.17) is 5.73 Å². The number of anilines is 1. The third-order valence-corrected chi connectivity index (χ3v) is 8.72. The van der Waals surface area contributed by atoms with Crippen molar-refractivity contribution in [3.05, 3.63) is 173 Å². The molecule has 5 aromatic carbocycles. The van der Waals surface area contributed by atoms with Gasteiger partial charge in [-0.05, 0) is 70.0 Å². The van der Waals surface area contributed by atoms with Crippen molar-refractivity contribution in [1.82, 2.24) is 0 Å². The zero-order chi connectivity index (χ0) is 27.9. The van der Waals surface area contributed by atoms with Crippen molar-refractivity contribution in [2.75, 3.05) is 11.9 Å². The maximum Gasteiger partial charge on any atom is 0.0713 e. The standard InChI is InChI=1S/C39H34N2/c1-38(23-13-14-28(26-38)27-40)41-37-25-34-32-21-11-12-22-35(32)39(30-17-7-3-8-18-30,31-19-9-4-10-20-31)36(34)24-33(37)29-15-5-2-6-16-29/h2-22,24-26,41H,23,27,40H2,1H3. The molecule has 2 nitrogen and oxygen atoms in total. The van der Waals surface area contributed by atoms with Gasteiger partial charge in [-0.15, -0.1) is 0 Å². The van der Waals surface area contributed by atoms with Crippen LogP contribution in [0.5, 0.6) is 0 Å². The van der Waals surface area contributed by atoms with Crippen LogP contribution in [0, 0.1) is 0 Å². The SMILES string of the molecule is CC1(Nc2cc3c(cc2-c2ccccc2)C(c2ccccc2)(c2ccccc2)c2ccccc2-3)C=C(CN)C=CC1. The monoisotopic (exact) mass is 530 g/mol. The molecule has 41 heavy (non-hydrogen) atoms. The Morgan fingerprint density at radius 3 is 1.93 bits per heavy atom. The lowest BCUT2D eigenvalue weighted by molar-refractivity contribution is 0.634. The highest BCUT2D eigenvalue weighted by Gasteiger charge is 2.46. The molecule has 2 aliphatic rings. The number of nitrogens with one attached hydrogen (secondary N) is 1. The molecule has 0 spiro atoms. The van der Waals surface area contributed by atoms with Crippen molar-refractivity contribution in [3.63, 3.8) is 0 Å². The predicted octanol–water partition coefficient (Wildman–Crippen LogP) is 8.73. The molecule has 0 aliphatic heterocycles. The van der Waals surface area contributed by atoms with Crippen molar-refractivity contribution in [3.8, 4) is 22.3 Å². The fraction of sp³-hybridized carbons (Fsp3) is 0.128. The number of hydrogen-bond donors (Lipinski definition) is 2. The molecule has 0 aromatic heterocycles. The van der Waals surface area contributed by atoms with E-state index in [-0.39, 0.29) is 5.54 Å². The lowest BCUT2D eigenvalue weighted by Crippen LogP contribution is -2.34. The number of rotatable bonds is 6. The van der Waals surface area contributed by atoms with Crippen LogP contribution in [0.4, 0.5) is 5.69 Å². The first-order valence-electron chi connectivity index (χ1n) is 14.4. The molecule has 2 heteroatoms. The molecule has 0 saturated heterocycles. The molecule has 0 bridgehead atoms. The van der Waals surface area contributed by atoms with E-state index in [1.807, 2.05) is 0 Å². The van der Waals surface area contributed by atoms with Crippen LogP contribution < -0.4 is 11.1 Å². The summed E-state index contributed by atoms with van der Waals surface area (Å²) in [6.45, 7) is 2.80. The van der Waals surface area contributed by atoms with Gasteiger partial charge in [-0.2, -0.15) is 0 Å². The van der Waals surface area contributed by atoms with Gasteiger partial charge >= 0.3 is 0 Å². The second-order valence-corrected chi connectivity index (χ2v) is 11.4. The summed E-state index contributed by atoms with van der Waals surface area (Å²) in [5, 5.41) is 3.97. The molecular weight excluding hydrogens is 496 g/mol. The largest absolute Gasteiger partial charge is 0.376 e. The van der Waals surface area contributed by atoms with E-state index in [0.717, 1.165) is 17.7 Å². The first-order chi connectivity index (χ1) is 20.1. The quantitative estimate of drug-likeness (QED) is 0.226. The van der Waals surface area contributed by atoms with E-state index < -0.39 is 5.41 Å². The Morgan fingerprint density at radius 2 is 1.27 bits per heavy atom. The van der Waals surface area contributed by atoms with Gasteiger partial charge in [-0.1, -0.05) is 133 Å². The Balaban J connectivity index is 1.54. The molecule has 7 rings (SSSR count). The fourth-order valence-electron chi connectivity index (χ4n) is 6.94. The van der Waals surface area contributed by atoms with Crippen LogP contribution >= 0.6 is 0 Å². The molecular formula is C39H34N2. The maximum atomic E-state index is 6.06. The van der Waals surface area contributed by atoms with Gasteiger partial charge in [0.1, 0.15) is 0 Å². The minimum atomic E-state index is -0.430. The van der Waals surface area contributed by atoms with Crippen molar-refractivity contribution >= 4 is 5.69 Å². The molecule has 0 saturated carbocycles. The number of fused-ring (bicyclic) bond motifs is 3. The van der Waals surface area contributed by atoms with E-state index in [1.165, 1.54) is 44.5 Å². The van der Waals surface area contributed by atoms with Crippen LogP contribution in [0.25, 0.3) is 22.3 Å². The molecule has 2 aliphatic carbocycles. The van der Waals surface area contributed by atoms with Crippen molar-refractivity contribution in [1.29, 1.82) is 0 Å². The van der Waals surface area contributed by atoms with Crippen molar-refractivity contribution in [2.45, 2.75) is 24.3 Å². The number of nitrogens with two attached hydrogens (primary N) is 1. The van der Waals surface area contributed by atoms with Gasteiger partial charge in [-0.25, -0.2) is 0 Å². The van der Waals surface area contributed by atoms with Crippen LogP contribution in [0.3, 0.4) is 0 Å². The minimum absolute atomic E-state index is 0.241. The fourth-order valence-corrected chi connectivity index (χ4v) is 6.94. The van der Waals surface area contributed by atoms with Gasteiger partial charge in [0.05, 0.1) is 11.0 Å². The van der Waals surface area contributed by atoms with Gasteiger partial charge in [0, 0.05) is 17.8 Å². The summed E-state index contributed by atoms with van der Waals surface area (Å²) >= 11 is 0. The molecule has 1 atom stereocenters. The highest BCUT2D eigenvalue weighted by molar-refractivity contribution is 5.93. The summed E-state index contributed by atoms with van der Waals surface area (Å²) in [5.74, 6) is 0. The van der Waals surface area contributed by atoms with Gasteiger partial charge in [-0.3, -0.25) is 0 Å². The summed E-state index contributed by atoms with van der Waals surface area (Å²) in [4.78, 5) is 0. The molecule has 200 valence electrons. The Bertz CT molecular complexity index is 1730. The third kappa shape index (κ3) is 4.15. The molecule has 0 heterocycles. The summed E-state index contributed by atoms with van der Waals surface area (Å²) in [7, 11) is 0. The molecule has 5 aromatic rings. The summed E-state index contributed by atoms with van der Waals surface area (Å²) in [6.07, 6.45) is 7.57. The summed E-state index contributed by atoms with van der Waals surface area (Å²) < 4.78 is 0. The third-order valence-electron chi connectivity index (χ3n) is 8.72. The lowest BCUT2D eigenvalue weighted by atomic mass is 9.67. The molecule has 3 N–H and O–H groups in total. The van der Waals surface area contributed by atoms with E-state index in [1.54, 1.807) is 0 Å². The summed E-state index contributed by atoms with van der Waals surface area (Å²) in [5.41, 5.74) is 17.8. The second kappa shape index (κ2) is 10.1. The maximum absolute atomic E-state index is 6.06. The summed E-state index contributed by atoms with van der Waals surface area (Å²) in [6, 6.07) is 46.5. The molecule has 0 fully saturated rings. The van der Waals surface area contributed by atoms with Gasteiger partial charge in [0.25, 0.3) is 0 Å². The van der Waals surface area contributed by atoms with Crippen molar-refractivity contribution in [2.24, 2.45) is 5.73 Å². The topological polar surface area (TPSA) is 38.0 Å².